The molecule has 0 aliphatic rings. The number of hydrogen-bond donors (Lipinski definition) is 0. The lowest BCUT2D eigenvalue weighted by atomic mass is 10.0. The highest BCUT2D eigenvalue weighted by molar-refractivity contribution is 5.96. The van der Waals surface area contributed by atoms with E-state index in [1.54, 1.807) is 0 Å². The molecule has 1 heterocycles. The zero-order chi connectivity index (χ0) is 13.8. The molecule has 0 atom stereocenters. The van der Waals surface area contributed by atoms with Crippen molar-refractivity contribution in [3.63, 3.8) is 0 Å². The van der Waals surface area contributed by atoms with E-state index >= 15 is 0 Å². The van der Waals surface area contributed by atoms with Gasteiger partial charge in [-0.1, -0.05) is 30.7 Å². The van der Waals surface area contributed by atoms with E-state index in [9.17, 15) is 4.79 Å². The zero-order valence-electron chi connectivity index (χ0n) is 11.8. The second-order valence-corrected chi connectivity index (χ2v) is 4.97. The van der Waals surface area contributed by atoms with Crippen LogP contribution in [0.5, 0.6) is 0 Å². The number of carbonyl (C=O) groups excluding carboxylic acids is 1. The summed E-state index contributed by atoms with van der Waals surface area (Å²) in [7, 11) is 0. The van der Waals surface area contributed by atoms with Crippen LogP contribution in [0.4, 0.5) is 0 Å². The Balaban J connectivity index is 2.15. The topological polar surface area (TPSA) is 20.9 Å². The van der Waals surface area contributed by atoms with E-state index in [0.717, 1.165) is 17.5 Å². The molecule has 0 radical (unpaired) electrons. The molecule has 98 valence electrons. The normalized spacial score (nSPS) is 10.5. The van der Waals surface area contributed by atoms with Gasteiger partial charge >= 0.3 is 0 Å². The van der Waals surface area contributed by atoms with Crippen LogP contribution >= 0.6 is 0 Å². The molecule has 2 aromatic rings. The molecule has 0 N–H and O–H groups in total. The molecule has 1 aromatic carbocycles. The molecule has 0 saturated carbocycles. The molecular formula is C17H20NO+. The van der Waals surface area contributed by atoms with Gasteiger partial charge in [0.25, 0.3) is 0 Å². The first-order valence-corrected chi connectivity index (χ1v) is 6.68. The van der Waals surface area contributed by atoms with E-state index in [-0.39, 0.29) is 5.78 Å². The molecule has 0 spiro atoms. The predicted octanol–water partition coefficient (Wildman–Crippen LogP) is 3.04. The third-order valence-corrected chi connectivity index (χ3v) is 3.38. The summed E-state index contributed by atoms with van der Waals surface area (Å²) in [6, 6.07) is 10.1. The number of nitrogens with zero attached hydrogens (tertiary/aromatic N) is 1. The lowest BCUT2D eigenvalue weighted by molar-refractivity contribution is -0.683. The van der Waals surface area contributed by atoms with Gasteiger partial charge in [0.15, 0.2) is 12.4 Å². The Labute approximate surface area is 114 Å². The number of aryl methyl sites for hydroxylation is 3. The number of Topliss-reactive ketones (excluding diaryl/α,β-unsaturated/α-hetero) is 1. The first kappa shape index (κ1) is 13.5. The number of ketones is 1. The molecule has 2 nitrogen and oxygen atoms in total. The van der Waals surface area contributed by atoms with Gasteiger partial charge in [0.1, 0.15) is 0 Å². The van der Waals surface area contributed by atoms with Crippen LogP contribution in [0.1, 0.15) is 34.0 Å². The summed E-state index contributed by atoms with van der Waals surface area (Å²) in [4.78, 5) is 12.3. The number of benzene rings is 1. The molecule has 0 bridgehead atoms. The molecule has 0 amide bonds. The average Bonchev–Trinajstić information content (AvgIpc) is 2.39. The van der Waals surface area contributed by atoms with Crippen molar-refractivity contribution in [3.8, 4) is 0 Å². The third-order valence-electron chi connectivity index (χ3n) is 3.38. The van der Waals surface area contributed by atoms with E-state index in [0.29, 0.717) is 6.54 Å². The van der Waals surface area contributed by atoms with Crippen LogP contribution in [-0.4, -0.2) is 5.78 Å². The summed E-state index contributed by atoms with van der Waals surface area (Å²) in [6.45, 7) is 6.55. The second-order valence-electron chi connectivity index (χ2n) is 4.97. The highest BCUT2D eigenvalue weighted by Gasteiger charge is 2.14. The van der Waals surface area contributed by atoms with Crippen molar-refractivity contribution < 1.29 is 9.36 Å². The summed E-state index contributed by atoms with van der Waals surface area (Å²) >= 11 is 0. The fourth-order valence-corrected chi connectivity index (χ4v) is 2.21. The Kier molecular flexibility index (Phi) is 4.10. The Morgan fingerprint density at radius 1 is 1.11 bits per heavy atom. The maximum absolute atomic E-state index is 12.3. The number of hydrogen-bond acceptors (Lipinski definition) is 1. The fourth-order valence-electron chi connectivity index (χ4n) is 2.21. The molecule has 1 aromatic heterocycles. The van der Waals surface area contributed by atoms with Gasteiger partial charge in [0.05, 0.1) is 0 Å². The van der Waals surface area contributed by atoms with Crippen molar-refractivity contribution in [2.45, 2.75) is 33.7 Å². The minimum Gasteiger partial charge on any atom is -0.287 e. The van der Waals surface area contributed by atoms with Gasteiger partial charge < -0.3 is 0 Å². The smallest absolute Gasteiger partial charge is 0.227 e. The third kappa shape index (κ3) is 3.28. The lowest BCUT2D eigenvalue weighted by Crippen LogP contribution is -2.37. The fraction of sp³-hybridized carbons (Fsp3) is 0.294. The summed E-state index contributed by atoms with van der Waals surface area (Å²) in [5, 5.41) is 0. The number of pyridine rings is 1. The van der Waals surface area contributed by atoms with Gasteiger partial charge in [-0.2, -0.15) is 4.57 Å². The van der Waals surface area contributed by atoms with E-state index in [1.165, 1.54) is 11.1 Å². The first-order valence-electron chi connectivity index (χ1n) is 6.68. The Morgan fingerprint density at radius 2 is 1.79 bits per heavy atom. The number of rotatable bonds is 4. The average molecular weight is 254 g/mol. The van der Waals surface area contributed by atoms with Crippen LogP contribution in [0, 0.1) is 13.8 Å². The molecule has 0 aliphatic carbocycles. The second kappa shape index (κ2) is 5.79. The summed E-state index contributed by atoms with van der Waals surface area (Å²) in [5.41, 5.74) is 4.35. The van der Waals surface area contributed by atoms with Crippen LogP contribution in [0.2, 0.25) is 0 Å². The number of aromatic nitrogens is 1. The van der Waals surface area contributed by atoms with Crippen molar-refractivity contribution in [3.05, 3.63) is 65.0 Å². The van der Waals surface area contributed by atoms with Crippen molar-refractivity contribution >= 4 is 5.78 Å². The van der Waals surface area contributed by atoms with Crippen LogP contribution < -0.4 is 4.57 Å². The van der Waals surface area contributed by atoms with E-state index in [4.69, 9.17) is 0 Å². The molecule has 0 fully saturated rings. The minimum absolute atomic E-state index is 0.159. The quantitative estimate of drug-likeness (QED) is 0.607. The van der Waals surface area contributed by atoms with Gasteiger partial charge in [0, 0.05) is 17.7 Å². The van der Waals surface area contributed by atoms with Crippen LogP contribution in [0.25, 0.3) is 0 Å². The summed E-state index contributed by atoms with van der Waals surface area (Å²) in [5.74, 6) is 0.159. The van der Waals surface area contributed by atoms with Crippen molar-refractivity contribution in [2.75, 3.05) is 0 Å². The standard InChI is InChI=1S/C17H20NO/c1-4-15-7-9-18(10-8-15)12-17(19)16-6-5-13(2)11-14(16)3/h5-11H,4,12H2,1-3H3/q+1. The minimum atomic E-state index is 0.159. The van der Waals surface area contributed by atoms with Gasteiger partial charge in [-0.15, -0.1) is 0 Å². The van der Waals surface area contributed by atoms with Gasteiger partial charge in [-0.05, 0) is 31.4 Å². The van der Waals surface area contributed by atoms with Gasteiger partial charge in [-0.25, -0.2) is 0 Å². The number of carbonyl (C=O) groups is 1. The van der Waals surface area contributed by atoms with Crippen molar-refractivity contribution in [1.29, 1.82) is 0 Å². The van der Waals surface area contributed by atoms with Crippen molar-refractivity contribution in [1.82, 2.24) is 0 Å². The van der Waals surface area contributed by atoms with E-state index in [2.05, 4.69) is 25.1 Å². The Morgan fingerprint density at radius 3 is 2.37 bits per heavy atom. The first-order chi connectivity index (χ1) is 9.10. The summed E-state index contributed by atoms with van der Waals surface area (Å²) in [6.07, 6.45) is 4.96. The molecular weight excluding hydrogens is 234 g/mol. The van der Waals surface area contributed by atoms with Crippen molar-refractivity contribution in [2.24, 2.45) is 0 Å². The van der Waals surface area contributed by atoms with E-state index < -0.39 is 0 Å². The van der Waals surface area contributed by atoms with Gasteiger partial charge in [-0.3, -0.25) is 4.79 Å². The SMILES string of the molecule is CCc1cc[n+](CC(=O)c2ccc(C)cc2C)cc1. The predicted molar refractivity (Wildman–Crippen MR) is 76.3 cm³/mol. The summed E-state index contributed by atoms with van der Waals surface area (Å²) < 4.78 is 1.93. The molecule has 0 saturated heterocycles. The molecule has 0 aliphatic heterocycles. The molecule has 0 unspecified atom stereocenters. The highest BCUT2D eigenvalue weighted by atomic mass is 16.1. The van der Waals surface area contributed by atoms with Crippen LogP contribution in [-0.2, 0) is 13.0 Å². The van der Waals surface area contributed by atoms with E-state index in [1.807, 2.05) is 42.9 Å². The maximum Gasteiger partial charge on any atom is 0.227 e. The monoisotopic (exact) mass is 254 g/mol. The highest BCUT2D eigenvalue weighted by Crippen LogP contribution is 2.11. The maximum atomic E-state index is 12.3. The lowest BCUT2D eigenvalue weighted by Gasteiger charge is -2.04. The Bertz CT molecular complexity index is 585. The Hall–Kier alpha value is -1.96. The molecule has 2 rings (SSSR count). The largest absolute Gasteiger partial charge is 0.287 e. The molecule has 19 heavy (non-hydrogen) atoms. The zero-order valence-corrected chi connectivity index (χ0v) is 11.8. The molecule has 2 heteroatoms. The van der Waals surface area contributed by atoms with Crippen LogP contribution in [0.15, 0.2) is 42.7 Å². The van der Waals surface area contributed by atoms with Gasteiger partial charge in [0.2, 0.25) is 12.3 Å². The van der Waals surface area contributed by atoms with Crippen LogP contribution in [0.3, 0.4) is 0 Å².